The minimum atomic E-state index is -0.625. The van der Waals surface area contributed by atoms with E-state index in [4.69, 9.17) is 4.42 Å². The number of carbonyl (C=O) groups is 2. The molecule has 2 N–H and O–H groups in total. The Balaban J connectivity index is 1.56. The monoisotopic (exact) mass is 395 g/mol. The zero-order valence-corrected chi connectivity index (χ0v) is 15.5. The van der Waals surface area contributed by atoms with Crippen LogP contribution in [-0.4, -0.2) is 16.8 Å². The predicted molar refractivity (Wildman–Crippen MR) is 106 cm³/mol. The van der Waals surface area contributed by atoms with Crippen LogP contribution in [-0.2, 0) is 4.79 Å². The van der Waals surface area contributed by atoms with Gasteiger partial charge in [0.2, 0.25) is 5.91 Å². The maximum atomic E-state index is 14.0. The Morgan fingerprint density at radius 1 is 1.07 bits per heavy atom. The maximum absolute atomic E-state index is 14.0. The second-order valence-corrected chi connectivity index (χ2v) is 7.01. The number of nitrogens with one attached hydrogen (secondary N) is 2. The van der Waals surface area contributed by atoms with Gasteiger partial charge in [0.05, 0.1) is 15.9 Å². The standard InChI is InChI=1S/C20H14FN3O3S/c1-11(25)22-12-6-7-13(21)15(10-12)23-19(26)16-8-9-17(27-16)20-24-14-4-2-3-5-18(14)28-20/h2-10H,1H3,(H,22,25)(H,23,26). The van der Waals surface area contributed by atoms with E-state index in [1.165, 1.54) is 36.5 Å². The number of rotatable bonds is 4. The SMILES string of the molecule is CC(=O)Nc1ccc(F)c(NC(=O)c2ccc(-c3nc4ccccc4s3)o2)c1. The lowest BCUT2D eigenvalue weighted by Crippen LogP contribution is -2.13. The molecule has 0 aliphatic rings. The fourth-order valence-corrected chi connectivity index (χ4v) is 3.57. The molecule has 0 aliphatic heterocycles. The lowest BCUT2D eigenvalue weighted by Gasteiger charge is -2.08. The van der Waals surface area contributed by atoms with Crippen molar-refractivity contribution in [1.29, 1.82) is 0 Å². The normalized spacial score (nSPS) is 10.8. The van der Waals surface area contributed by atoms with E-state index in [2.05, 4.69) is 15.6 Å². The molecule has 2 heterocycles. The predicted octanol–water partition coefficient (Wildman–Crippen LogP) is 4.91. The Hall–Kier alpha value is -3.52. The number of thiazole rings is 1. The van der Waals surface area contributed by atoms with Gasteiger partial charge >= 0.3 is 0 Å². The second-order valence-electron chi connectivity index (χ2n) is 5.98. The van der Waals surface area contributed by atoms with Crippen molar-refractivity contribution in [2.75, 3.05) is 10.6 Å². The van der Waals surface area contributed by atoms with E-state index >= 15 is 0 Å². The number of benzene rings is 2. The van der Waals surface area contributed by atoms with Crippen LogP contribution in [0.15, 0.2) is 59.0 Å². The summed E-state index contributed by atoms with van der Waals surface area (Å²) in [5.41, 5.74) is 1.16. The number of anilines is 2. The molecule has 28 heavy (non-hydrogen) atoms. The first kappa shape index (κ1) is 17.9. The number of fused-ring (bicyclic) bond motifs is 1. The van der Waals surface area contributed by atoms with Crippen molar-refractivity contribution < 1.29 is 18.4 Å². The number of hydrogen-bond donors (Lipinski definition) is 2. The van der Waals surface area contributed by atoms with Crippen molar-refractivity contribution >= 4 is 44.7 Å². The Morgan fingerprint density at radius 3 is 2.68 bits per heavy atom. The van der Waals surface area contributed by atoms with E-state index in [1.807, 2.05) is 24.3 Å². The number of nitrogens with zero attached hydrogens (tertiary/aromatic N) is 1. The summed E-state index contributed by atoms with van der Waals surface area (Å²) >= 11 is 1.45. The summed E-state index contributed by atoms with van der Waals surface area (Å²) in [6.07, 6.45) is 0. The maximum Gasteiger partial charge on any atom is 0.291 e. The highest BCUT2D eigenvalue weighted by Crippen LogP contribution is 2.31. The van der Waals surface area contributed by atoms with E-state index in [0.717, 1.165) is 16.3 Å². The van der Waals surface area contributed by atoms with Crippen molar-refractivity contribution in [1.82, 2.24) is 4.98 Å². The van der Waals surface area contributed by atoms with Crippen LogP contribution in [0.25, 0.3) is 21.0 Å². The molecule has 140 valence electrons. The van der Waals surface area contributed by atoms with Gasteiger partial charge in [0.15, 0.2) is 16.5 Å². The molecule has 2 aromatic heterocycles. The minimum absolute atomic E-state index is 0.0265. The largest absolute Gasteiger partial charge is 0.448 e. The first-order valence-corrected chi connectivity index (χ1v) is 9.15. The van der Waals surface area contributed by atoms with Gasteiger partial charge in [-0.15, -0.1) is 11.3 Å². The summed E-state index contributed by atoms with van der Waals surface area (Å²) in [7, 11) is 0. The zero-order valence-electron chi connectivity index (χ0n) is 14.7. The average molecular weight is 395 g/mol. The van der Waals surface area contributed by atoms with E-state index in [0.29, 0.717) is 16.5 Å². The van der Waals surface area contributed by atoms with Gasteiger partial charge < -0.3 is 15.1 Å². The molecule has 2 aromatic carbocycles. The summed E-state index contributed by atoms with van der Waals surface area (Å²) in [6, 6.07) is 14.7. The van der Waals surface area contributed by atoms with Crippen LogP contribution in [0, 0.1) is 5.82 Å². The number of carbonyl (C=O) groups excluding carboxylic acids is 2. The van der Waals surface area contributed by atoms with Gasteiger partial charge in [-0.25, -0.2) is 9.37 Å². The summed E-state index contributed by atoms with van der Waals surface area (Å²) in [4.78, 5) is 28.1. The van der Waals surface area contributed by atoms with E-state index in [-0.39, 0.29) is 17.4 Å². The molecule has 0 bridgehead atoms. The second kappa shape index (κ2) is 7.24. The quantitative estimate of drug-likeness (QED) is 0.514. The fraction of sp³-hybridized carbons (Fsp3) is 0.0500. The Morgan fingerprint density at radius 2 is 1.89 bits per heavy atom. The molecule has 0 saturated carbocycles. The molecule has 0 aliphatic carbocycles. The van der Waals surface area contributed by atoms with Crippen LogP contribution in [0.5, 0.6) is 0 Å². The van der Waals surface area contributed by atoms with Crippen LogP contribution in [0.2, 0.25) is 0 Å². The summed E-state index contributed by atoms with van der Waals surface area (Å²) in [5, 5.41) is 5.64. The van der Waals surface area contributed by atoms with Crippen LogP contribution < -0.4 is 10.6 Å². The smallest absolute Gasteiger partial charge is 0.291 e. The molecule has 0 fully saturated rings. The van der Waals surface area contributed by atoms with E-state index in [1.54, 1.807) is 6.07 Å². The number of para-hydroxylation sites is 1. The highest BCUT2D eigenvalue weighted by atomic mass is 32.1. The third kappa shape index (κ3) is 3.63. The van der Waals surface area contributed by atoms with Crippen LogP contribution in [0.1, 0.15) is 17.5 Å². The van der Waals surface area contributed by atoms with Crippen molar-refractivity contribution in [2.24, 2.45) is 0 Å². The van der Waals surface area contributed by atoms with Crippen LogP contribution in [0.3, 0.4) is 0 Å². The molecule has 0 radical (unpaired) electrons. The molecule has 6 nitrogen and oxygen atoms in total. The van der Waals surface area contributed by atoms with Crippen molar-refractivity contribution in [3.63, 3.8) is 0 Å². The first-order chi connectivity index (χ1) is 13.5. The lowest BCUT2D eigenvalue weighted by molar-refractivity contribution is -0.114. The Labute approximate surface area is 163 Å². The molecule has 0 atom stereocenters. The number of amides is 2. The number of halogens is 1. The Bertz CT molecular complexity index is 1170. The fourth-order valence-electron chi connectivity index (χ4n) is 2.64. The van der Waals surface area contributed by atoms with Gasteiger partial charge in [0.1, 0.15) is 5.82 Å². The minimum Gasteiger partial charge on any atom is -0.448 e. The molecule has 4 aromatic rings. The molecular weight excluding hydrogens is 381 g/mol. The topological polar surface area (TPSA) is 84.2 Å². The average Bonchev–Trinajstić information content (AvgIpc) is 3.30. The van der Waals surface area contributed by atoms with Gasteiger partial charge in [-0.2, -0.15) is 0 Å². The first-order valence-electron chi connectivity index (χ1n) is 8.34. The molecule has 0 saturated heterocycles. The van der Waals surface area contributed by atoms with Crippen molar-refractivity contribution in [2.45, 2.75) is 6.92 Å². The molecule has 8 heteroatoms. The van der Waals surface area contributed by atoms with E-state index < -0.39 is 11.7 Å². The molecule has 0 spiro atoms. The third-order valence-electron chi connectivity index (χ3n) is 3.87. The summed E-state index contributed by atoms with van der Waals surface area (Å²) in [5.74, 6) is -1.04. The van der Waals surface area contributed by atoms with E-state index in [9.17, 15) is 14.0 Å². The van der Waals surface area contributed by atoms with Gasteiger partial charge in [-0.1, -0.05) is 12.1 Å². The Kier molecular flexibility index (Phi) is 4.62. The lowest BCUT2D eigenvalue weighted by atomic mass is 10.2. The molecule has 2 amide bonds. The molecule has 4 rings (SSSR count). The number of hydrogen-bond acceptors (Lipinski definition) is 5. The number of aromatic nitrogens is 1. The van der Waals surface area contributed by atoms with Crippen molar-refractivity contribution in [3.05, 3.63) is 66.2 Å². The van der Waals surface area contributed by atoms with Crippen LogP contribution in [0.4, 0.5) is 15.8 Å². The van der Waals surface area contributed by atoms with Crippen molar-refractivity contribution in [3.8, 4) is 10.8 Å². The van der Waals surface area contributed by atoms with Gasteiger partial charge in [-0.3, -0.25) is 9.59 Å². The number of furan rings is 1. The summed E-state index contributed by atoms with van der Waals surface area (Å²) in [6.45, 7) is 1.34. The highest BCUT2D eigenvalue weighted by molar-refractivity contribution is 7.21. The zero-order chi connectivity index (χ0) is 19.7. The summed E-state index contributed by atoms with van der Waals surface area (Å²) < 4.78 is 20.6. The van der Waals surface area contributed by atoms with Gasteiger partial charge in [0, 0.05) is 12.6 Å². The highest BCUT2D eigenvalue weighted by Gasteiger charge is 2.17. The third-order valence-corrected chi connectivity index (χ3v) is 4.92. The molecule has 0 unspecified atom stereocenters. The van der Waals surface area contributed by atoms with Gasteiger partial charge in [-0.05, 0) is 42.5 Å². The molecular formula is C20H14FN3O3S. The van der Waals surface area contributed by atoms with Crippen LogP contribution >= 0.6 is 11.3 Å². The van der Waals surface area contributed by atoms with Gasteiger partial charge in [0.25, 0.3) is 5.91 Å².